The van der Waals surface area contributed by atoms with Gasteiger partial charge in [-0.1, -0.05) is 31.2 Å². The molecule has 0 fully saturated rings. The Balaban J connectivity index is 2.20. The number of nitrogens with one attached hydrogen (secondary N) is 1. The van der Waals surface area contributed by atoms with Crippen molar-refractivity contribution >= 4 is 11.6 Å². The first-order valence-corrected chi connectivity index (χ1v) is 6.54. The molecule has 0 aliphatic carbocycles. The summed E-state index contributed by atoms with van der Waals surface area (Å²) in [7, 11) is 1.73. The molecule has 0 spiro atoms. The van der Waals surface area contributed by atoms with Crippen molar-refractivity contribution in [3.8, 4) is 0 Å². The van der Waals surface area contributed by atoms with E-state index in [1.807, 2.05) is 19.1 Å². The molecule has 1 heterocycles. The molecule has 2 aromatic rings. The third-order valence-corrected chi connectivity index (χ3v) is 3.33. The Morgan fingerprint density at radius 3 is 2.60 bits per heavy atom. The molecule has 6 heteroatoms. The minimum atomic E-state index is -0.477. The maximum Gasteiger partial charge on any atom is 0.406 e. The van der Waals surface area contributed by atoms with Gasteiger partial charge in [0.25, 0.3) is 0 Å². The van der Waals surface area contributed by atoms with Gasteiger partial charge in [-0.25, -0.2) is 0 Å². The molecule has 0 bridgehead atoms. The number of aromatic nitrogens is 2. The molecule has 1 atom stereocenters. The number of aryl methyl sites for hydroxylation is 2. The van der Waals surface area contributed by atoms with Gasteiger partial charge >= 0.3 is 5.82 Å². The zero-order valence-electron chi connectivity index (χ0n) is 11.8. The van der Waals surface area contributed by atoms with Crippen LogP contribution < -0.4 is 5.32 Å². The van der Waals surface area contributed by atoms with E-state index in [1.54, 1.807) is 11.6 Å². The fourth-order valence-corrected chi connectivity index (χ4v) is 2.05. The van der Waals surface area contributed by atoms with Gasteiger partial charge in [0.1, 0.15) is 0 Å². The van der Waals surface area contributed by atoms with Crippen molar-refractivity contribution in [2.45, 2.75) is 26.3 Å². The van der Waals surface area contributed by atoms with E-state index in [-0.39, 0.29) is 11.9 Å². The summed E-state index contributed by atoms with van der Waals surface area (Å²) in [5, 5.41) is 14.1. The highest BCUT2D eigenvalue weighted by Crippen LogP contribution is 2.26. The van der Waals surface area contributed by atoms with Crippen LogP contribution in [-0.2, 0) is 13.5 Å². The second-order valence-electron chi connectivity index (χ2n) is 4.75. The van der Waals surface area contributed by atoms with E-state index in [1.165, 1.54) is 11.9 Å². The van der Waals surface area contributed by atoms with Gasteiger partial charge < -0.3 is 15.4 Å². The number of rotatable bonds is 5. The third-order valence-electron chi connectivity index (χ3n) is 3.33. The van der Waals surface area contributed by atoms with Crippen LogP contribution in [-0.4, -0.2) is 14.5 Å². The molecule has 0 aliphatic heterocycles. The molecule has 1 unspecified atom stereocenters. The average molecular weight is 274 g/mol. The Kier molecular flexibility index (Phi) is 4.02. The predicted octanol–water partition coefficient (Wildman–Crippen LogP) is 3.06. The number of hydrogen-bond donors (Lipinski definition) is 1. The maximum absolute atomic E-state index is 10.9. The van der Waals surface area contributed by atoms with Crippen LogP contribution in [0.1, 0.15) is 31.0 Å². The van der Waals surface area contributed by atoms with Gasteiger partial charge in [-0.15, -0.1) is 0 Å². The summed E-state index contributed by atoms with van der Waals surface area (Å²) < 4.78 is 1.62. The van der Waals surface area contributed by atoms with Crippen LogP contribution in [0.15, 0.2) is 30.6 Å². The molecule has 0 amide bonds. The van der Waals surface area contributed by atoms with E-state index in [0.717, 1.165) is 12.0 Å². The van der Waals surface area contributed by atoms with E-state index >= 15 is 0 Å². The molecule has 1 N–H and O–H groups in total. The zero-order valence-corrected chi connectivity index (χ0v) is 11.8. The summed E-state index contributed by atoms with van der Waals surface area (Å²) in [4.78, 5) is 14.2. The highest BCUT2D eigenvalue weighted by Gasteiger charge is 2.21. The van der Waals surface area contributed by atoms with Crippen molar-refractivity contribution < 1.29 is 4.92 Å². The Morgan fingerprint density at radius 1 is 1.40 bits per heavy atom. The summed E-state index contributed by atoms with van der Waals surface area (Å²) in [6.45, 7) is 4.08. The van der Waals surface area contributed by atoms with Gasteiger partial charge in [0.15, 0.2) is 0 Å². The van der Waals surface area contributed by atoms with Crippen molar-refractivity contribution in [2.75, 3.05) is 5.32 Å². The fourth-order valence-electron chi connectivity index (χ4n) is 2.05. The molecule has 0 aliphatic rings. The second-order valence-corrected chi connectivity index (χ2v) is 4.75. The lowest BCUT2D eigenvalue weighted by molar-refractivity contribution is -0.388. The van der Waals surface area contributed by atoms with E-state index in [0.29, 0.717) is 5.82 Å². The van der Waals surface area contributed by atoms with Crippen LogP contribution >= 0.6 is 0 Å². The van der Waals surface area contributed by atoms with E-state index < -0.39 is 4.92 Å². The van der Waals surface area contributed by atoms with Gasteiger partial charge in [0.05, 0.1) is 6.04 Å². The fraction of sp³-hybridized carbons (Fsp3) is 0.357. The van der Waals surface area contributed by atoms with E-state index in [9.17, 15) is 10.1 Å². The third kappa shape index (κ3) is 2.79. The molecule has 20 heavy (non-hydrogen) atoms. The van der Waals surface area contributed by atoms with Crippen molar-refractivity contribution in [2.24, 2.45) is 7.05 Å². The van der Waals surface area contributed by atoms with Crippen LogP contribution in [0.25, 0.3) is 0 Å². The first-order chi connectivity index (χ1) is 9.52. The summed E-state index contributed by atoms with van der Waals surface area (Å²) in [5.41, 5.74) is 2.35. The number of nitro groups is 1. The molecule has 1 aromatic carbocycles. The van der Waals surface area contributed by atoms with Crippen LogP contribution in [0.3, 0.4) is 0 Å². The lowest BCUT2D eigenvalue weighted by Crippen LogP contribution is -2.10. The monoisotopic (exact) mass is 274 g/mol. The van der Waals surface area contributed by atoms with E-state index in [2.05, 4.69) is 29.4 Å². The van der Waals surface area contributed by atoms with Gasteiger partial charge in [-0.3, -0.25) is 4.57 Å². The average Bonchev–Trinajstić information content (AvgIpc) is 2.80. The zero-order chi connectivity index (χ0) is 14.7. The van der Waals surface area contributed by atoms with Crippen molar-refractivity contribution in [3.05, 3.63) is 51.8 Å². The van der Waals surface area contributed by atoms with E-state index in [4.69, 9.17) is 0 Å². The van der Waals surface area contributed by atoms with Gasteiger partial charge in [-0.2, -0.15) is 0 Å². The Labute approximate surface area is 117 Å². The SMILES string of the molecule is CCc1ccc(C(C)Nc2c([N+](=O)[O-])ncn2C)cc1. The molecule has 1 aromatic heterocycles. The predicted molar refractivity (Wildman–Crippen MR) is 77.7 cm³/mol. The quantitative estimate of drug-likeness (QED) is 0.671. The Bertz CT molecular complexity index is 604. The van der Waals surface area contributed by atoms with Crippen molar-refractivity contribution in [3.63, 3.8) is 0 Å². The smallest absolute Gasteiger partial charge is 0.358 e. The lowest BCUT2D eigenvalue weighted by atomic mass is 10.1. The number of benzene rings is 1. The van der Waals surface area contributed by atoms with Gasteiger partial charge in [0, 0.05) is 7.05 Å². The van der Waals surface area contributed by atoms with Gasteiger partial charge in [0.2, 0.25) is 12.1 Å². The largest absolute Gasteiger partial charge is 0.406 e. The number of hydrogen-bond acceptors (Lipinski definition) is 4. The van der Waals surface area contributed by atoms with Crippen molar-refractivity contribution in [1.82, 2.24) is 9.55 Å². The maximum atomic E-state index is 10.9. The summed E-state index contributed by atoms with van der Waals surface area (Å²) >= 11 is 0. The number of nitrogens with zero attached hydrogens (tertiary/aromatic N) is 3. The first-order valence-electron chi connectivity index (χ1n) is 6.54. The minimum Gasteiger partial charge on any atom is -0.358 e. The summed E-state index contributed by atoms with van der Waals surface area (Å²) in [5.74, 6) is 0.270. The topological polar surface area (TPSA) is 73.0 Å². The highest BCUT2D eigenvalue weighted by atomic mass is 16.6. The lowest BCUT2D eigenvalue weighted by Gasteiger charge is -2.15. The Hall–Kier alpha value is -2.37. The molecule has 106 valence electrons. The van der Waals surface area contributed by atoms with Crippen LogP contribution in [0.2, 0.25) is 0 Å². The summed E-state index contributed by atoms with van der Waals surface area (Å²) in [6, 6.07) is 8.20. The standard InChI is InChI=1S/C14H18N4O2/c1-4-11-5-7-12(8-6-11)10(2)16-14-13(18(19)20)15-9-17(14)3/h5-10,16H,4H2,1-3H3. The van der Waals surface area contributed by atoms with Crippen LogP contribution in [0, 0.1) is 10.1 Å². The molecular formula is C14H18N4O2. The minimum absolute atomic E-state index is 0.0324. The number of imidazole rings is 1. The van der Waals surface area contributed by atoms with Crippen LogP contribution in [0.5, 0.6) is 0 Å². The molecule has 0 saturated heterocycles. The highest BCUT2D eigenvalue weighted by molar-refractivity contribution is 5.53. The second kappa shape index (κ2) is 5.73. The molecule has 2 rings (SSSR count). The normalized spacial score (nSPS) is 12.2. The molecule has 0 saturated carbocycles. The molecule has 6 nitrogen and oxygen atoms in total. The number of anilines is 1. The molecular weight excluding hydrogens is 256 g/mol. The summed E-state index contributed by atoms with van der Waals surface area (Å²) in [6.07, 6.45) is 2.43. The molecule has 0 radical (unpaired) electrons. The Morgan fingerprint density at radius 2 is 2.05 bits per heavy atom. The first kappa shape index (κ1) is 14.0. The van der Waals surface area contributed by atoms with Gasteiger partial charge in [-0.05, 0) is 34.4 Å². The van der Waals surface area contributed by atoms with Crippen molar-refractivity contribution in [1.29, 1.82) is 0 Å². The van der Waals surface area contributed by atoms with Crippen LogP contribution in [0.4, 0.5) is 11.6 Å².